The summed E-state index contributed by atoms with van der Waals surface area (Å²) in [4.78, 5) is 8.02. The summed E-state index contributed by atoms with van der Waals surface area (Å²) in [6.45, 7) is 2.03. The normalized spacial score (nSPS) is 15.5. The number of H-pyrrole nitrogens is 1. The first kappa shape index (κ1) is 12.5. The number of aromatic amines is 1. The summed E-state index contributed by atoms with van der Waals surface area (Å²) < 4.78 is 1.25. The number of imidazole rings is 1. The van der Waals surface area contributed by atoms with Crippen LogP contribution in [0.3, 0.4) is 0 Å². The molecular weight excluding hydrogens is 308 g/mol. The molecule has 0 atom stereocenters. The fraction of sp³-hybridized carbons (Fsp3) is 0.500. The summed E-state index contributed by atoms with van der Waals surface area (Å²) in [5.41, 5.74) is 5.22. The van der Waals surface area contributed by atoms with Crippen molar-refractivity contribution in [1.82, 2.24) is 9.97 Å². The summed E-state index contributed by atoms with van der Waals surface area (Å²) in [6, 6.07) is 2.19. The molecule has 96 valence electrons. The van der Waals surface area contributed by atoms with Crippen molar-refractivity contribution in [2.75, 3.05) is 6.26 Å². The van der Waals surface area contributed by atoms with Crippen LogP contribution in [-0.2, 0) is 12.2 Å². The van der Waals surface area contributed by atoms with Crippen molar-refractivity contribution >= 4 is 38.7 Å². The molecule has 1 aliphatic rings. The van der Waals surface area contributed by atoms with Crippen molar-refractivity contribution in [3.63, 3.8) is 0 Å². The predicted molar refractivity (Wildman–Crippen MR) is 82.2 cm³/mol. The molecule has 0 amide bonds. The summed E-state index contributed by atoms with van der Waals surface area (Å²) in [5, 5.41) is 0. The van der Waals surface area contributed by atoms with E-state index in [-0.39, 0.29) is 0 Å². The van der Waals surface area contributed by atoms with Gasteiger partial charge >= 0.3 is 0 Å². The van der Waals surface area contributed by atoms with Crippen LogP contribution in [0.5, 0.6) is 0 Å². The van der Waals surface area contributed by atoms with Crippen LogP contribution in [0, 0.1) is 12.8 Å². The lowest BCUT2D eigenvalue weighted by Crippen LogP contribution is -1.98. The molecule has 2 nitrogen and oxygen atoms in total. The molecule has 0 spiro atoms. The number of aryl methyl sites for hydroxylation is 1. The van der Waals surface area contributed by atoms with Crippen molar-refractivity contribution in [2.45, 2.75) is 31.9 Å². The van der Waals surface area contributed by atoms with Gasteiger partial charge < -0.3 is 4.98 Å². The summed E-state index contributed by atoms with van der Waals surface area (Å²) in [7, 11) is 0. The molecule has 0 bridgehead atoms. The number of benzene rings is 1. The standard InChI is InChI=1S/C14H17BrN2S/c1-8-16-13-6-12(15)10(5-9-3-4-9)11(7-18-2)14(13)17-8/h6,9H,3-5,7H2,1-2H3,(H,16,17). The van der Waals surface area contributed by atoms with E-state index in [2.05, 4.69) is 38.2 Å². The van der Waals surface area contributed by atoms with Gasteiger partial charge in [-0.15, -0.1) is 0 Å². The van der Waals surface area contributed by atoms with Gasteiger partial charge in [0.2, 0.25) is 0 Å². The third-order valence-corrected chi connectivity index (χ3v) is 4.82. The minimum atomic E-state index is 0.902. The molecule has 4 heteroatoms. The number of rotatable bonds is 4. The van der Waals surface area contributed by atoms with E-state index >= 15 is 0 Å². The number of hydrogen-bond donors (Lipinski definition) is 1. The van der Waals surface area contributed by atoms with E-state index < -0.39 is 0 Å². The van der Waals surface area contributed by atoms with Gasteiger partial charge in [0, 0.05) is 10.2 Å². The quantitative estimate of drug-likeness (QED) is 0.900. The van der Waals surface area contributed by atoms with Gasteiger partial charge in [0.15, 0.2) is 0 Å². The van der Waals surface area contributed by atoms with Crippen molar-refractivity contribution in [2.24, 2.45) is 5.92 Å². The Kier molecular flexibility index (Phi) is 3.41. The first-order valence-corrected chi connectivity index (χ1v) is 8.53. The van der Waals surface area contributed by atoms with Crippen LogP contribution in [0.1, 0.15) is 29.8 Å². The van der Waals surface area contributed by atoms with E-state index in [0.717, 1.165) is 23.0 Å². The Morgan fingerprint density at radius 1 is 1.44 bits per heavy atom. The number of aromatic nitrogens is 2. The first-order valence-electron chi connectivity index (χ1n) is 6.34. The Balaban J connectivity index is 2.16. The molecule has 3 rings (SSSR count). The molecule has 1 N–H and O–H groups in total. The Labute approximate surface area is 120 Å². The van der Waals surface area contributed by atoms with Crippen LogP contribution in [0.25, 0.3) is 11.0 Å². The highest BCUT2D eigenvalue weighted by atomic mass is 79.9. The number of nitrogens with zero attached hydrogens (tertiary/aromatic N) is 1. The minimum absolute atomic E-state index is 0.902. The maximum absolute atomic E-state index is 4.67. The number of thioether (sulfide) groups is 1. The van der Waals surface area contributed by atoms with E-state index in [1.807, 2.05) is 18.7 Å². The van der Waals surface area contributed by atoms with Gasteiger partial charge in [0.1, 0.15) is 5.82 Å². The van der Waals surface area contributed by atoms with Gasteiger partial charge in [-0.1, -0.05) is 15.9 Å². The predicted octanol–water partition coefficient (Wildman–Crippen LogP) is 4.45. The van der Waals surface area contributed by atoms with Gasteiger partial charge in [-0.05, 0) is 55.6 Å². The van der Waals surface area contributed by atoms with Gasteiger partial charge in [-0.2, -0.15) is 11.8 Å². The molecule has 18 heavy (non-hydrogen) atoms. The van der Waals surface area contributed by atoms with Crippen molar-refractivity contribution in [3.05, 3.63) is 27.5 Å². The van der Waals surface area contributed by atoms with Crippen LogP contribution in [0.4, 0.5) is 0 Å². The maximum atomic E-state index is 4.67. The fourth-order valence-corrected chi connectivity index (χ4v) is 3.71. The van der Waals surface area contributed by atoms with Crippen molar-refractivity contribution in [1.29, 1.82) is 0 Å². The summed E-state index contributed by atoms with van der Waals surface area (Å²) in [5.74, 6) is 2.95. The molecular formula is C14H17BrN2S. The third-order valence-electron chi connectivity index (χ3n) is 3.54. The molecule has 0 aliphatic heterocycles. The van der Waals surface area contributed by atoms with Gasteiger partial charge in [-0.25, -0.2) is 4.98 Å². The Morgan fingerprint density at radius 3 is 2.89 bits per heavy atom. The number of nitrogens with one attached hydrogen (secondary N) is 1. The van der Waals surface area contributed by atoms with Gasteiger partial charge in [0.25, 0.3) is 0 Å². The van der Waals surface area contributed by atoms with Crippen molar-refractivity contribution in [3.8, 4) is 0 Å². The Hall–Kier alpha value is -0.480. The first-order chi connectivity index (χ1) is 8.69. The van der Waals surface area contributed by atoms with E-state index in [0.29, 0.717) is 0 Å². The Bertz CT molecular complexity index is 587. The number of halogens is 1. The number of hydrogen-bond acceptors (Lipinski definition) is 2. The van der Waals surface area contributed by atoms with Crippen LogP contribution in [-0.4, -0.2) is 16.2 Å². The third kappa shape index (κ3) is 2.32. The zero-order chi connectivity index (χ0) is 12.7. The summed E-state index contributed by atoms with van der Waals surface area (Å²) in [6.07, 6.45) is 6.15. The smallest absolute Gasteiger partial charge is 0.104 e. The van der Waals surface area contributed by atoms with Crippen LogP contribution < -0.4 is 0 Å². The molecule has 1 fully saturated rings. The highest BCUT2D eigenvalue weighted by molar-refractivity contribution is 9.10. The highest BCUT2D eigenvalue weighted by Gasteiger charge is 2.25. The monoisotopic (exact) mass is 324 g/mol. The van der Waals surface area contributed by atoms with E-state index in [1.54, 1.807) is 0 Å². The minimum Gasteiger partial charge on any atom is -0.342 e. The molecule has 0 saturated heterocycles. The zero-order valence-corrected chi connectivity index (χ0v) is 13.1. The molecule has 2 aromatic rings. The topological polar surface area (TPSA) is 28.7 Å². The highest BCUT2D eigenvalue weighted by Crippen LogP contribution is 2.38. The van der Waals surface area contributed by atoms with Crippen molar-refractivity contribution < 1.29 is 0 Å². The maximum Gasteiger partial charge on any atom is 0.104 e. The molecule has 1 aromatic carbocycles. The second-order valence-corrected chi connectivity index (χ2v) is 6.83. The SMILES string of the molecule is CSCc1c(CC2CC2)c(Br)cc2[nH]c(C)nc12. The zero-order valence-electron chi connectivity index (χ0n) is 10.7. The molecule has 1 saturated carbocycles. The molecule has 0 unspecified atom stereocenters. The average molecular weight is 325 g/mol. The molecule has 0 radical (unpaired) electrons. The number of fused-ring (bicyclic) bond motifs is 1. The lowest BCUT2D eigenvalue weighted by atomic mass is 10.0. The molecule has 1 aromatic heterocycles. The van der Waals surface area contributed by atoms with E-state index in [1.165, 1.54) is 40.4 Å². The average Bonchev–Trinajstić information content (AvgIpc) is 3.06. The molecule has 1 heterocycles. The largest absolute Gasteiger partial charge is 0.342 e. The molecule has 1 aliphatic carbocycles. The van der Waals surface area contributed by atoms with Gasteiger partial charge in [-0.3, -0.25) is 0 Å². The second-order valence-electron chi connectivity index (χ2n) is 5.11. The van der Waals surface area contributed by atoms with Gasteiger partial charge in [0.05, 0.1) is 11.0 Å². The second kappa shape index (κ2) is 4.89. The Morgan fingerprint density at radius 2 is 2.22 bits per heavy atom. The van der Waals surface area contributed by atoms with Crippen LogP contribution in [0.2, 0.25) is 0 Å². The van der Waals surface area contributed by atoms with Crippen LogP contribution >= 0.6 is 27.7 Å². The lowest BCUT2D eigenvalue weighted by Gasteiger charge is -2.11. The van der Waals surface area contributed by atoms with E-state index in [4.69, 9.17) is 0 Å². The lowest BCUT2D eigenvalue weighted by molar-refractivity contribution is 0.823. The van der Waals surface area contributed by atoms with Crippen LogP contribution in [0.15, 0.2) is 10.5 Å². The summed E-state index contributed by atoms with van der Waals surface area (Å²) >= 11 is 5.62. The fourth-order valence-electron chi connectivity index (χ4n) is 2.48. The van der Waals surface area contributed by atoms with E-state index in [9.17, 15) is 0 Å².